The van der Waals surface area contributed by atoms with Crippen LogP contribution >= 0.6 is 24.0 Å². The van der Waals surface area contributed by atoms with Crippen LogP contribution in [-0.2, 0) is 13.1 Å². The second-order valence-corrected chi connectivity index (χ2v) is 7.97. The lowest BCUT2D eigenvalue weighted by Crippen LogP contribution is -2.42. The van der Waals surface area contributed by atoms with Crippen LogP contribution in [0.15, 0.2) is 23.2 Å². The SMILES string of the molecule is CCNC(=NCc1ccc(F)c(CN(C)C)c1)N1CCC(N2CCCC2)C1.I. The molecular formula is C21H35FIN5. The molecule has 2 aliphatic rings. The normalized spacial score (nSPS) is 20.7. The summed E-state index contributed by atoms with van der Waals surface area (Å²) in [5, 5.41) is 3.44. The molecule has 0 radical (unpaired) electrons. The van der Waals surface area contributed by atoms with Gasteiger partial charge in [-0.3, -0.25) is 4.90 Å². The first-order valence-corrected chi connectivity index (χ1v) is 10.3. The Morgan fingerprint density at radius 1 is 1.25 bits per heavy atom. The summed E-state index contributed by atoms with van der Waals surface area (Å²) in [6.07, 6.45) is 3.89. The molecule has 2 aliphatic heterocycles. The number of halogens is 2. The molecule has 1 N–H and O–H groups in total. The highest BCUT2D eigenvalue weighted by molar-refractivity contribution is 14.0. The minimum absolute atomic E-state index is 0. The van der Waals surface area contributed by atoms with Crippen molar-refractivity contribution in [3.63, 3.8) is 0 Å². The van der Waals surface area contributed by atoms with E-state index in [2.05, 4.69) is 22.0 Å². The second kappa shape index (κ2) is 11.3. The van der Waals surface area contributed by atoms with Crippen molar-refractivity contribution >= 4 is 29.9 Å². The van der Waals surface area contributed by atoms with Gasteiger partial charge in [0.2, 0.25) is 0 Å². The lowest BCUT2D eigenvalue weighted by Gasteiger charge is -2.25. The van der Waals surface area contributed by atoms with E-state index in [1.165, 1.54) is 32.4 Å². The van der Waals surface area contributed by atoms with Gasteiger partial charge in [0.25, 0.3) is 0 Å². The predicted octanol–water partition coefficient (Wildman–Crippen LogP) is 3.14. The number of hydrogen-bond donors (Lipinski definition) is 1. The standard InChI is InChI=1S/C21H34FN5.HI/c1-4-23-21(27-12-9-19(16-27)26-10-5-6-11-26)24-14-17-7-8-20(22)18(13-17)15-25(2)3;/h7-8,13,19H,4-6,9-12,14-16H2,1-3H3,(H,23,24);1H. The van der Waals surface area contributed by atoms with Crippen molar-refractivity contribution in [3.05, 3.63) is 35.1 Å². The molecule has 2 heterocycles. The number of benzene rings is 1. The number of likely N-dealkylation sites (tertiary alicyclic amines) is 2. The molecule has 1 aromatic rings. The van der Waals surface area contributed by atoms with E-state index in [1.54, 1.807) is 6.07 Å². The summed E-state index contributed by atoms with van der Waals surface area (Å²) in [7, 11) is 3.91. The minimum atomic E-state index is -0.142. The van der Waals surface area contributed by atoms with E-state index in [1.807, 2.05) is 31.1 Å². The molecule has 0 aromatic heterocycles. The van der Waals surface area contributed by atoms with Crippen LogP contribution in [0.25, 0.3) is 0 Å². The molecule has 3 rings (SSSR count). The highest BCUT2D eigenvalue weighted by Crippen LogP contribution is 2.21. The molecule has 0 aliphatic carbocycles. The van der Waals surface area contributed by atoms with Crippen LogP contribution in [0.1, 0.15) is 37.3 Å². The highest BCUT2D eigenvalue weighted by atomic mass is 127. The van der Waals surface area contributed by atoms with Gasteiger partial charge >= 0.3 is 0 Å². The zero-order valence-electron chi connectivity index (χ0n) is 17.5. The van der Waals surface area contributed by atoms with Crippen molar-refractivity contribution in [1.29, 1.82) is 0 Å². The summed E-state index contributed by atoms with van der Waals surface area (Å²) in [6, 6.07) is 6.02. The average Bonchev–Trinajstić information content (AvgIpc) is 3.32. The van der Waals surface area contributed by atoms with Crippen LogP contribution in [-0.4, -0.2) is 73.5 Å². The van der Waals surface area contributed by atoms with Crippen molar-refractivity contribution < 1.29 is 4.39 Å². The number of nitrogens with one attached hydrogen (secondary N) is 1. The number of nitrogens with zero attached hydrogens (tertiary/aromatic N) is 4. The molecule has 2 fully saturated rings. The van der Waals surface area contributed by atoms with Gasteiger partial charge in [-0.25, -0.2) is 9.38 Å². The van der Waals surface area contributed by atoms with Crippen LogP contribution < -0.4 is 5.32 Å². The first kappa shape index (κ1) is 23.3. The molecule has 0 saturated carbocycles. The third-order valence-corrected chi connectivity index (χ3v) is 5.46. The van der Waals surface area contributed by atoms with E-state index < -0.39 is 0 Å². The smallest absolute Gasteiger partial charge is 0.194 e. The Hall–Kier alpha value is -0.930. The molecule has 1 aromatic carbocycles. The van der Waals surface area contributed by atoms with Gasteiger partial charge in [0, 0.05) is 37.8 Å². The quantitative estimate of drug-likeness (QED) is 0.368. The summed E-state index contributed by atoms with van der Waals surface area (Å²) in [6.45, 7) is 8.76. The Bertz CT molecular complexity index is 646. The van der Waals surface area contributed by atoms with Crippen LogP contribution in [0.3, 0.4) is 0 Å². The van der Waals surface area contributed by atoms with Crippen molar-refractivity contribution in [3.8, 4) is 0 Å². The molecule has 1 atom stereocenters. The summed E-state index contributed by atoms with van der Waals surface area (Å²) >= 11 is 0. The van der Waals surface area contributed by atoms with Crippen LogP contribution in [0, 0.1) is 5.82 Å². The first-order chi connectivity index (χ1) is 13.1. The van der Waals surface area contributed by atoms with Gasteiger partial charge in [-0.2, -0.15) is 0 Å². The van der Waals surface area contributed by atoms with E-state index in [-0.39, 0.29) is 29.8 Å². The van der Waals surface area contributed by atoms with E-state index in [0.717, 1.165) is 36.7 Å². The second-order valence-electron chi connectivity index (χ2n) is 7.97. The van der Waals surface area contributed by atoms with Crippen molar-refractivity contribution in [1.82, 2.24) is 20.0 Å². The van der Waals surface area contributed by atoms with Gasteiger partial charge in [0.05, 0.1) is 6.54 Å². The zero-order valence-corrected chi connectivity index (χ0v) is 19.8. The predicted molar refractivity (Wildman–Crippen MR) is 125 cm³/mol. The molecule has 2 saturated heterocycles. The van der Waals surface area contributed by atoms with Crippen LogP contribution in [0.5, 0.6) is 0 Å². The summed E-state index contributed by atoms with van der Waals surface area (Å²) in [4.78, 5) is 11.9. The fraction of sp³-hybridized carbons (Fsp3) is 0.667. The molecule has 5 nitrogen and oxygen atoms in total. The van der Waals surface area contributed by atoms with Gasteiger partial charge in [-0.15, -0.1) is 24.0 Å². The van der Waals surface area contributed by atoms with Gasteiger partial charge in [-0.05, 0) is 71.1 Å². The maximum atomic E-state index is 14.0. The van der Waals surface area contributed by atoms with Crippen LogP contribution in [0.4, 0.5) is 4.39 Å². The molecule has 28 heavy (non-hydrogen) atoms. The molecule has 0 spiro atoms. The zero-order chi connectivity index (χ0) is 19.2. The Morgan fingerprint density at radius 3 is 2.68 bits per heavy atom. The fourth-order valence-electron chi connectivity index (χ4n) is 4.12. The molecular weight excluding hydrogens is 468 g/mol. The molecule has 0 bridgehead atoms. The monoisotopic (exact) mass is 503 g/mol. The third-order valence-electron chi connectivity index (χ3n) is 5.46. The van der Waals surface area contributed by atoms with Gasteiger partial charge in [0.15, 0.2) is 5.96 Å². The minimum Gasteiger partial charge on any atom is -0.357 e. The topological polar surface area (TPSA) is 34.1 Å². The fourth-order valence-corrected chi connectivity index (χ4v) is 4.12. The lowest BCUT2D eigenvalue weighted by atomic mass is 10.1. The maximum absolute atomic E-state index is 14.0. The Balaban J connectivity index is 0.00000280. The number of guanidine groups is 1. The average molecular weight is 503 g/mol. The van der Waals surface area contributed by atoms with E-state index in [4.69, 9.17) is 4.99 Å². The number of aliphatic imine (C=N–C) groups is 1. The van der Waals surface area contributed by atoms with Crippen molar-refractivity contribution in [2.75, 3.05) is 46.8 Å². The van der Waals surface area contributed by atoms with Gasteiger partial charge in [-0.1, -0.05) is 6.07 Å². The summed E-state index contributed by atoms with van der Waals surface area (Å²) in [5.41, 5.74) is 1.78. The number of hydrogen-bond acceptors (Lipinski definition) is 3. The van der Waals surface area contributed by atoms with E-state index >= 15 is 0 Å². The highest BCUT2D eigenvalue weighted by Gasteiger charge is 2.30. The molecule has 0 amide bonds. The van der Waals surface area contributed by atoms with E-state index in [9.17, 15) is 4.39 Å². The van der Waals surface area contributed by atoms with E-state index in [0.29, 0.717) is 19.1 Å². The first-order valence-electron chi connectivity index (χ1n) is 10.3. The Morgan fingerprint density at radius 2 is 2.00 bits per heavy atom. The lowest BCUT2D eigenvalue weighted by molar-refractivity contribution is 0.249. The Labute approximate surface area is 186 Å². The third kappa shape index (κ3) is 6.29. The summed E-state index contributed by atoms with van der Waals surface area (Å²) in [5.74, 6) is 0.842. The molecule has 158 valence electrons. The van der Waals surface area contributed by atoms with Crippen molar-refractivity contribution in [2.45, 2.75) is 45.3 Å². The largest absolute Gasteiger partial charge is 0.357 e. The number of rotatable bonds is 6. The summed E-state index contributed by atoms with van der Waals surface area (Å²) < 4.78 is 14.0. The molecule has 1 unspecified atom stereocenters. The Kier molecular flexibility index (Phi) is 9.43. The maximum Gasteiger partial charge on any atom is 0.194 e. The van der Waals surface area contributed by atoms with Crippen molar-refractivity contribution in [2.24, 2.45) is 4.99 Å². The molecule has 7 heteroatoms. The van der Waals surface area contributed by atoms with Gasteiger partial charge < -0.3 is 15.1 Å². The van der Waals surface area contributed by atoms with Gasteiger partial charge in [0.1, 0.15) is 5.82 Å². The van der Waals surface area contributed by atoms with Crippen LogP contribution in [0.2, 0.25) is 0 Å².